The number of amides is 1. The highest BCUT2D eigenvalue weighted by atomic mass is 16.2. The molecule has 0 radical (unpaired) electrons. The standard InChI is InChI=1S/C16H20N2O2/c19-14-10-15(17-16(20)11-14)12-4-6-13(7-5-12)18-8-2-1-3-9-18/h4-7,15H,1-3,8-11H2,(H,17,20). The summed E-state index contributed by atoms with van der Waals surface area (Å²) >= 11 is 0. The molecule has 2 heterocycles. The number of hydrogen-bond donors (Lipinski definition) is 1. The lowest BCUT2D eigenvalue weighted by molar-refractivity contribution is -0.132. The van der Waals surface area contributed by atoms with Gasteiger partial charge in [-0.1, -0.05) is 12.1 Å². The van der Waals surface area contributed by atoms with E-state index in [0.29, 0.717) is 6.42 Å². The van der Waals surface area contributed by atoms with Gasteiger partial charge in [-0.3, -0.25) is 9.59 Å². The van der Waals surface area contributed by atoms with E-state index in [1.54, 1.807) is 0 Å². The number of piperidine rings is 2. The van der Waals surface area contributed by atoms with Gasteiger partial charge in [-0.2, -0.15) is 0 Å². The van der Waals surface area contributed by atoms with Crippen molar-refractivity contribution in [3.05, 3.63) is 29.8 Å². The SMILES string of the molecule is O=C1CC(=O)NC(c2ccc(N3CCCCC3)cc2)C1. The van der Waals surface area contributed by atoms with Gasteiger partial charge in [-0.25, -0.2) is 0 Å². The lowest BCUT2D eigenvalue weighted by atomic mass is 9.96. The fraction of sp³-hybridized carbons (Fsp3) is 0.500. The maximum absolute atomic E-state index is 11.5. The third-order valence-corrected chi connectivity index (χ3v) is 4.14. The smallest absolute Gasteiger partial charge is 0.227 e. The van der Waals surface area contributed by atoms with Crippen LogP contribution in [0.2, 0.25) is 0 Å². The third-order valence-electron chi connectivity index (χ3n) is 4.14. The van der Waals surface area contributed by atoms with E-state index in [4.69, 9.17) is 0 Å². The quantitative estimate of drug-likeness (QED) is 0.840. The van der Waals surface area contributed by atoms with Crippen LogP contribution in [0.5, 0.6) is 0 Å². The number of nitrogens with zero attached hydrogens (tertiary/aromatic N) is 1. The minimum atomic E-state index is -0.161. The number of rotatable bonds is 2. The Morgan fingerprint density at radius 3 is 2.35 bits per heavy atom. The Morgan fingerprint density at radius 2 is 1.70 bits per heavy atom. The van der Waals surface area contributed by atoms with Gasteiger partial charge in [0.25, 0.3) is 0 Å². The number of carbonyl (C=O) groups excluding carboxylic acids is 2. The lowest BCUT2D eigenvalue weighted by Crippen LogP contribution is -2.36. The summed E-state index contributed by atoms with van der Waals surface area (Å²) in [5.41, 5.74) is 2.26. The largest absolute Gasteiger partial charge is 0.372 e. The maximum Gasteiger partial charge on any atom is 0.227 e. The molecule has 0 aliphatic carbocycles. The average Bonchev–Trinajstić information content (AvgIpc) is 2.47. The fourth-order valence-electron chi connectivity index (χ4n) is 3.05. The van der Waals surface area contributed by atoms with Crippen LogP contribution >= 0.6 is 0 Å². The molecular weight excluding hydrogens is 252 g/mol. The lowest BCUT2D eigenvalue weighted by Gasteiger charge is -2.29. The van der Waals surface area contributed by atoms with Crippen LogP contribution < -0.4 is 10.2 Å². The van der Waals surface area contributed by atoms with Gasteiger partial charge >= 0.3 is 0 Å². The van der Waals surface area contributed by atoms with Gasteiger partial charge in [0.15, 0.2) is 0 Å². The normalized spacial score (nSPS) is 23.6. The van der Waals surface area contributed by atoms with Crippen molar-refractivity contribution in [2.24, 2.45) is 0 Å². The number of carbonyl (C=O) groups is 2. The van der Waals surface area contributed by atoms with E-state index in [1.807, 2.05) is 12.1 Å². The summed E-state index contributed by atoms with van der Waals surface area (Å²) in [7, 11) is 0. The summed E-state index contributed by atoms with van der Waals surface area (Å²) in [5.74, 6) is -0.134. The Labute approximate surface area is 119 Å². The molecule has 1 unspecified atom stereocenters. The van der Waals surface area contributed by atoms with Crippen LogP contribution in [0.4, 0.5) is 5.69 Å². The molecule has 1 aromatic rings. The van der Waals surface area contributed by atoms with E-state index in [2.05, 4.69) is 22.3 Å². The molecule has 106 valence electrons. The summed E-state index contributed by atoms with van der Waals surface area (Å²) in [4.78, 5) is 25.3. The first-order valence-electron chi connectivity index (χ1n) is 7.38. The van der Waals surface area contributed by atoms with Crippen molar-refractivity contribution < 1.29 is 9.59 Å². The summed E-state index contributed by atoms with van der Waals surface area (Å²) < 4.78 is 0. The molecule has 2 fully saturated rings. The highest BCUT2D eigenvalue weighted by Crippen LogP contribution is 2.25. The molecule has 20 heavy (non-hydrogen) atoms. The monoisotopic (exact) mass is 272 g/mol. The van der Waals surface area contributed by atoms with E-state index in [1.165, 1.54) is 24.9 Å². The predicted molar refractivity (Wildman–Crippen MR) is 77.6 cm³/mol. The average molecular weight is 272 g/mol. The first kappa shape index (κ1) is 13.2. The molecule has 1 atom stereocenters. The van der Waals surface area contributed by atoms with Crippen LogP contribution in [-0.2, 0) is 9.59 Å². The van der Waals surface area contributed by atoms with E-state index in [9.17, 15) is 9.59 Å². The molecule has 1 aromatic carbocycles. The molecule has 0 bridgehead atoms. The summed E-state index contributed by atoms with van der Waals surface area (Å²) in [6.45, 7) is 2.25. The highest BCUT2D eigenvalue weighted by Gasteiger charge is 2.25. The Hall–Kier alpha value is -1.84. The second kappa shape index (κ2) is 5.65. The molecule has 3 rings (SSSR count). The van der Waals surface area contributed by atoms with Gasteiger partial charge in [0.2, 0.25) is 5.91 Å². The van der Waals surface area contributed by atoms with Gasteiger partial charge in [-0.05, 0) is 37.0 Å². The molecule has 2 saturated heterocycles. The number of benzene rings is 1. The molecule has 1 N–H and O–H groups in total. The van der Waals surface area contributed by atoms with E-state index in [0.717, 1.165) is 18.7 Å². The number of nitrogens with one attached hydrogen (secondary N) is 1. The van der Waals surface area contributed by atoms with Crippen LogP contribution in [0.3, 0.4) is 0 Å². The molecule has 0 aromatic heterocycles. The second-order valence-electron chi connectivity index (χ2n) is 5.68. The van der Waals surface area contributed by atoms with E-state index < -0.39 is 0 Å². The maximum atomic E-state index is 11.5. The molecule has 2 aliphatic rings. The Morgan fingerprint density at radius 1 is 1.00 bits per heavy atom. The van der Waals surface area contributed by atoms with Crippen LogP contribution in [0.15, 0.2) is 24.3 Å². The zero-order valence-corrected chi connectivity index (χ0v) is 11.6. The zero-order valence-electron chi connectivity index (χ0n) is 11.6. The van der Waals surface area contributed by atoms with Gasteiger partial charge in [0.05, 0.1) is 12.5 Å². The number of ketones is 1. The molecule has 0 saturated carbocycles. The minimum Gasteiger partial charge on any atom is -0.372 e. The topological polar surface area (TPSA) is 49.4 Å². The fourth-order valence-corrected chi connectivity index (χ4v) is 3.05. The van der Waals surface area contributed by atoms with Crippen molar-refractivity contribution >= 4 is 17.4 Å². The number of hydrogen-bond acceptors (Lipinski definition) is 3. The molecule has 4 nitrogen and oxygen atoms in total. The second-order valence-corrected chi connectivity index (χ2v) is 5.68. The van der Waals surface area contributed by atoms with Crippen LogP contribution in [0, 0.1) is 0 Å². The highest BCUT2D eigenvalue weighted by molar-refractivity contribution is 6.00. The third kappa shape index (κ3) is 2.84. The van der Waals surface area contributed by atoms with Crippen molar-refractivity contribution in [2.45, 2.75) is 38.1 Å². The minimum absolute atomic E-state index is 0.0267. The molecule has 4 heteroatoms. The summed E-state index contributed by atoms with van der Waals surface area (Å²) in [6, 6.07) is 8.12. The van der Waals surface area contributed by atoms with E-state index >= 15 is 0 Å². The van der Waals surface area contributed by atoms with Crippen LogP contribution in [0.1, 0.15) is 43.7 Å². The molecule has 1 amide bonds. The predicted octanol–water partition coefficient (Wildman–Crippen LogP) is 2.20. The summed E-state index contributed by atoms with van der Waals surface area (Å²) in [6.07, 6.45) is 4.28. The Balaban J connectivity index is 1.72. The summed E-state index contributed by atoms with van der Waals surface area (Å²) in [5, 5.41) is 2.89. The zero-order chi connectivity index (χ0) is 13.9. The van der Waals surface area contributed by atoms with Crippen molar-refractivity contribution in [1.82, 2.24) is 5.32 Å². The van der Waals surface area contributed by atoms with Gasteiger partial charge in [0, 0.05) is 25.2 Å². The van der Waals surface area contributed by atoms with Crippen LogP contribution in [-0.4, -0.2) is 24.8 Å². The van der Waals surface area contributed by atoms with Crippen LogP contribution in [0.25, 0.3) is 0 Å². The van der Waals surface area contributed by atoms with Crippen molar-refractivity contribution in [2.75, 3.05) is 18.0 Å². The van der Waals surface area contributed by atoms with Crippen molar-refractivity contribution in [3.63, 3.8) is 0 Å². The number of anilines is 1. The molecule has 0 spiro atoms. The first-order chi connectivity index (χ1) is 9.72. The van der Waals surface area contributed by atoms with Gasteiger partial charge < -0.3 is 10.2 Å². The number of Topliss-reactive ketones (excluding diaryl/α,β-unsaturated/α-hetero) is 1. The van der Waals surface area contributed by atoms with Gasteiger partial charge in [0.1, 0.15) is 5.78 Å². The van der Waals surface area contributed by atoms with Crippen molar-refractivity contribution in [1.29, 1.82) is 0 Å². The molecular formula is C16H20N2O2. The first-order valence-corrected chi connectivity index (χ1v) is 7.38. The molecule has 2 aliphatic heterocycles. The Bertz CT molecular complexity index is 488. The Kier molecular flexibility index (Phi) is 3.72. The van der Waals surface area contributed by atoms with Crippen molar-refractivity contribution in [3.8, 4) is 0 Å². The van der Waals surface area contributed by atoms with E-state index in [-0.39, 0.29) is 24.2 Å². The van der Waals surface area contributed by atoms with Gasteiger partial charge in [-0.15, -0.1) is 0 Å².